The highest BCUT2D eigenvalue weighted by Gasteiger charge is 2.14. The molecule has 0 aliphatic carbocycles. The summed E-state index contributed by atoms with van der Waals surface area (Å²) in [5.41, 5.74) is 0.380. The Balaban J connectivity index is 1.85. The van der Waals surface area contributed by atoms with Gasteiger partial charge in [-0.3, -0.25) is 19.5 Å². The van der Waals surface area contributed by atoms with Crippen LogP contribution in [0.3, 0.4) is 0 Å². The van der Waals surface area contributed by atoms with Crippen LogP contribution >= 0.6 is 11.3 Å². The van der Waals surface area contributed by atoms with Crippen molar-refractivity contribution in [2.45, 2.75) is 20.0 Å². The monoisotopic (exact) mass is 343 g/mol. The van der Waals surface area contributed by atoms with Crippen LogP contribution in [-0.2, 0) is 17.9 Å². The lowest BCUT2D eigenvalue weighted by molar-refractivity contribution is -0.131. The number of carbonyl (C=O) groups is 1. The van der Waals surface area contributed by atoms with Crippen LogP contribution in [0.2, 0.25) is 0 Å². The van der Waals surface area contributed by atoms with Gasteiger partial charge in [-0.15, -0.1) is 11.3 Å². The Morgan fingerprint density at radius 2 is 1.92 bits per heavy atom. The molecule has 3 rings (SSSR count). The first-order chi connectivity index (χ1) is 11.5. The SMILES string of the molecule is Cc1ccsc1CN(C)C(=O)Cn1[nH]c(=O)c2ccccc2c1=O. The number of aromatic amines is 1. The molecule has 6 nitrogen and oxygen atoms in total. The molecule has 0 saturated carbocycles. The molecule has 0 unspecified atom stereocenters. The molecular weight excluding hydrogens is 326 g/mol. The summed E-state index contributed by atoms with van der Waals surface area (Å²) in [6, 6.07) is 8.58. The first kappa shape index (κ1) is 16.2. The Morgan fingerprint density at radius 3 is 2.58 bits per heavy atom. The van der Waals surface area contributed by atoms with Gasteiger partial charge in [-0.05, 0) is 36.1 Å². The number of hydrogen-bond donors (Lipinski definition) is 1. The Labute approximate surface area is 141 Å². The van der Waals surface area contributed by atoms with Crippen molar-refractivity contribution < 1.29 is 4.79 Å². The molecule has 2 heterocycles. The van der Waals surface area contributed by atoms with E-state index in [1.54, 1.807) is 47.5 Å². The van der Waals surface area contributed by atoms with Crippen LogP contribution in [-0.4, -0.2) is 27.6 Å². The topological polar surface area (TPSA) is 75.2 Å². The highest BCUT2D eigenvalue weighted by molar-refractivity contribution is 7.10. The van der Waals surface area contributed by atoms with Crippen molar-refractivity contribution in [2.75, 3.05) is 7.05 Å². The normalized spacial score (nSPS) is 10.9. The van der Waals surface area contributed by atoms with Crippen molar-refractivity contribution >= 4 is 28.0 Å². The number of H-pyrrole nitrogens is 1. The smallest absolute Gasteiger partial charge is 0.273 e. The van der Waals surface area contributed by atoms with Gasteiger partial charge in [-0.1, -0.05) is 12.1 Å². The fourth-order valence-corrected chi connectivity index (χ4v) is 3.44. The van der Waals surface area contributed by atoms with E-state index in [9.17, 15) is 14.4 Å². The number of likely N-dealkylation sites (N-methyl/N-ethyl adjacent to an activating group) is 1. The number of carbonyl (C=O) groups excluding carboxylic acids is 1. The zero-order valence-electron chi connectivity index (χ0n) is 13.4. The van der Waals surface area contributed by atoms with E-state index in [4.69, 9.17) is 0 Å². The first-order valence-electron chi connectivity index (χ1n) is 7.46. The molecule has 0 aliphatic rings. The van der Waals surface area contributed by atoms with E-state index in [1.165, 1.54) is 0 Å². The van der Waals surface area contributed by atoms with Gasteiger partial charge in [0, 0.05) is 11.9 Å². The molecule has 2 aromatic heterocycles. The van der Waals surface area contributed by atoms with Gasteiger partial charge >= 0.3 is 0 Å². The molecule has 1 aromatic carbocycles. The molecule has 124 valence electrons. The molecule has 7 heteroatoms. The standard InChI is InChI=1S/C17H17N3O3S/c1-11-7-8-24-14(11)9-19(2)15(21)10-20-17(23)13-6-4-3-5-12(13)16(22)18-20/h3-8H,9-10H2,1-2H3,(H,18,22). The predicted octanol–water partition coefficient (Wildman–Crippen LogP) is 1.72. The van der Waals surface area contributed by atoms with Crippen LogP contribution in [0.5, 0.6) is 0 Å². The fourth-order valence-electron chi connectivity index (χ4n) is 2.48. The average molecular weight is 343 g/mol. The van der Waals surface area contributed by atoms with Crippen LogP contribution < -0.4 is 11.1 Å². The van der Waals surface area contributed by atoms with E-state index in [0.29, 0.717) is 17.3 Å². The van der Waals surface area contributed by atoms with Gasteiger partial charge in [0.25, 0.3) is 11.1 Å². The first-order valence-corrected chi connectivity index (χ1v) is 8.34. The van der Waals surface area contributed by atoms with Crippen LogP contribution in [0, 0.1) is 6.92 Å². The van der Waals surface area contributed by atoms with E-state index in [1.807, 2.05) is 18.4 Å². The van der Waals surface area contributed by atoms with E-state index in [2.05, 4.69) is 5.10 Å². The van der Waals surface area contributed by atoms with Gasteiger partial charge in [0.2, 0.25) is 5.91 Å². The predicted molar refractivity (Wildman–Crippen MR) is 94.4 cm³/mol. The average Bonchev–Trinajstić information content (AvgIpc) is 2.97. The fraction of sp³-hybridized carbons (Fsp3) is 0.235. The summed E-state index contributed by atoms with van der Waals surface area (Å²) in [6.45, 7) is 2.28. The molecule has 0 bridgehead atoms. The Bertz CT molecular complexity index is 1020. The lowest BCUT2D eigenvalue weighted by Crippen LogP contribution is -2.37. The zero-order valence-corrected chi connectivity index (χ0v) is 14.2. The number of aryl methyl sites for hydroxylation is 1. The third-order valence-corrected chi connectivity index (χ3v) is 4.96. The van der Waals surface area contributed by atoms with Crippen molar-refractivity contribution in [2.24, 2.45) is 0 Å². The molecular formula is C17H17N3O3S. The molecule has 1 amide bonds. The summed E-state index contributed by atoms with van der Waals surface area (Å²) < 4.78 is 1.07. The maximum atomic E-state index is 12.4. The third-order valence-electron chi connectivity index (χ3n) is 3.95. The second-order valence-corrected chi connectivity index (χ2v) is 6.66. The summed E-state index contributed by atoms with van der Waals surface area (Å²) >= 11 is 1.59. The molecule has 0 aliphatic heterocycles. The Kier molecular flexibility index (Phi) is 4.35. The summed E-state index contributed by atoms with van der Waals surface area (Å²) in [4.78, 5) is 39.6. The van der Waals surface area contributed by atoms with Crippen molar-refractivity contribution in [3.05, 3.63) is 66.9 Å². The minimum Gasteiger partial charge on any atom is -0.339 e. The van der Waals surface area contributed by atoms with Gasteiger partial charge in [-0.25, -0.2) is 4.68 Å². The number of rotatable bonds is 4. The second kappa shape index (κ2) is 6.45. The van der Waals surface area contributed by atoms with Gasteiger partial charge in [0.05, 0.1) is 17.3 Å². The number of hydrogen-bond acceptors (Lipinski definition) is 4. The minimum atomic E-state index is -0.380. The van der Waals surface area contributed by atoms with Crippen LogP contribution in [0.25, 0.3) is 10.8 Å². The zero-order chi connectivity index (χ0) is 17.3. The number of fused-ring (bicyclic) bond motifs is 1. The highest BCUT2D eigenvalue weighted by atomic mass is 32.1. The molecule has 0 fully saturated rings. The molecule has 0 radical (unpaired) electrons. The van der Waals surface area contributed by atoms with Gasteiger partial charge < -0.3 is 4.90 Å². The van der Waals surface area contributed by atoms with E-state index < -0.39 is 0 Å². The molecule has 0 saturated heterocycles. The van der Waals surface area contributed by atoms with E-state index >= 15 is 0 Å². The molecule has 1 N–H and O–H groups in total. The van der Waals surface area contributed by atoms with Gasteiger partial charge in [0.1, 0.15) is 6.54 Å². The largest absolute Gasteiger partial charge is 0.339 e. The van der Waals surface area contributed by atoms with Crippen LogP contribution in [0.4, 0.5) is 0 Å². The van der Waals surface area contributed by atoms with Crippen molar-refractivity contribution in [3.8, 4) is 0 Å². The summed E-state index contributed by atoms with van der Waals surface area (Å²) in [5.74, 6) is -0.240. The number of nitrogens with one attached hydrogen (secondary N) is 1. The lowest BCUT2D eigenvalue weighted by atomic mass is 10.2. The Hall–Kier alpha value is -2.67. The quantitative estimate of drug-likeness (QED) is 0.784. The van der Waals surface area contributed by atoms with Crippen molar-refractivity contribution in [3.63, 3.8) is 0 Å². The maximum absolute atomic E-state index is 12.4. The highest BCUT2D eigenvalue weighted by Crippen LogP contribution is 2.17. The van der Waals surface area contributed by atoms with E-state index in [-0.39, 0.29) is 23.6 Å². The van der Waals surface area contributed by atoms with Crippen molar-refractivity contribution in [1.82, 2.24) is 14.7 Å². The molecule has 24 heavy (non-hydrogen) atoms. The second-order valence-electron chi connectivity index (χ2n) is 5.65. The van der Waals surface area contributed by atoms with Crippen molar-refractivity contribution in [1.29, 1.82) is 0 Å². The molecule has 0 atom stereocenters. The molecule has 0 spiro atoms. The third kappa shape index (κ3) is 3.03. The molecule has 3 aromatic rings. The minimum absolute atomic E-state index is 0.195. The number of nitrogens with zero attached hydrogens (tertiary/aromatic N) is 2. The number of benzene rings is 1. The van der Waals surface area contributed by atoms with E-state index in [0.717, 1.165) is 15.1 Å². The van der Waals surface area contributed by atoms with Gasteiger partial charge in [0.15, 0.2) is 0 Å². The number of amides is 1. The number of aromatic nitrogens is 2. The number of thiophene rings is 1. The maximum Gasteiger partial charge on any atom is 0.273 e. The summed E-state index contributed by atoms with van der Waals surface area (Å²) in [5, 5.41) is 5.10. The van der Waals surface area contributed by atoms with Crippen LogP contribution in [0.1, 0.15) is 10.4 Å². The van der Waals surface area contributed by atoms with Crippen LogP contribution in [0.15, 0.2) is 45.3 Å². The lowest BCUT2D eigenvalue weighted by Gasteiger charge is -2.17. The Morgan fingerprint density at radius 1 is 1.21 bits per heavy atom. The summed E-state index contributed by atoms with van der Waals surface area (Å²) in [6.07, 6.45) is 0. The van der Waals surface area contributed by atoms with Gasteiger partial charge in [-0.2, -0.15) is 0 Å². The summed E-state index contributed by atoms with van der Waals surface area (Å²) in [7, 11) is 1.69.